The van der Waals surface area contributed by atoms with Gasteiger partial charge < -0.3 is 19.5 Å². The van der Waals surface area contributed by atoms with Crippen molar-refractivity contribution in [2.75, 3.05) is 39.4 Å². The topological polar surface area (TPSA) is 90.7 Å². The molecule has 1 aliphatic heterocycles. The second kappa shape index (κ2) is 11.7. The van der Waals surface area contributed by atoms with Crippen molar-refractivity contribution in [1.82, 2.24) is 24.8 Å². The first-order valence-corrected chi connectivity index (χ1v) is 12.3. The van der Waals surface area contributed by atoms with Gasteiger partial charge in [0.05, 0.1) is 18.7 Å². The van der Waals surface area contributed by atoms with Crippen LogP contribution >= 0.6 is 0 Å². The standard InChI is InChI=1S/C27H26F3N5O4/c28-27(29,30)39-22-5-1-19(2-6-22)17-38-21-7-3-20(4-8-21)35-18-32-25-24(35)10-9-23(33-25)26(36)31-11-12-34-13-15-37-16-14-34/h1-10,18H,11-17H2,(H,31,36). The van der Waals surface area contributed by atoms with Crippen LogP contribution in [0.3, 0.4) is 0 Å². The zero-order chi connectivity index (χ0) is 27.2. The maximum Gasteiger partial charge on any atom is 0.573 e. The molecule has 0 unspecified atom stereocenters. The Morgan fingerprint density at radius 3 is 2.41 bits per heavy atom. The lowest BCUT2D eigenvalue weighted by molar-refractivity contribution is -0.274. The average molecular weight is 542 g/mol. The SMILES string of the molecule is O=C(NCCN1CCOCC1)c1ccc2c(ncn2-c2ccc(OCc3ccc(OC(F)(F)F)cc3)cc2)n1. The van der Waals surface area contributed by atoms with Crippen molar-refractivity contribution in [1.29, 1.82) is 0 Å². The second-order valence-corrected chi connectivity index (χ2v) is 8.84. The molecule has 0 atom stereocenters. The molecule has 12 heteroatoms. The average Bonchev–Trinajstić information content (AvgIpc) is 3.36. The number of carbonyl (C=O) groups is 1. The number of halogens is 3. The van der Waals surface area contributed by atoms with Crippen molar-refractivity contribution >= 4 is 17.1 Å². The Bertz CT molecular complexity index is 1400. The van der Waals surface area contributed by atoms with Crippen LogP contribution < -0.4 is 14.8 Å². The molecule has 0 aliphatic carbocycles. The number of benzene rings is 2. The highest BCUT2D eigenvalue weighted by Gasteiger charge is 2.30. The van der Waals surface area contributed by atoms with Gasteiger partial charge >= 0.3 is 6.36 Å². The van der Waals surface area contributed by atoms with Crippen LogP contribution in [0.2, 0.25) is 0 Å². The maximum absolute atomic E-state index is 12.6. The number of rotatable bonds is 9. The number of hydrogen-bond acceptors (Lipinski definition) is 7. The smallest absolute Gasteiger partial charge is 0.489 e. The molecule has 4 aromatic rings. The summed E-state index contributed by atoms with van der Waals surface area (Å²) in [6.07, 6.45) is -3.09. The predicted molar refractivity (Wildman–Crippen MR) is 136 cm³/mol. The van der Waals surface area contributed by atoms with E-state index in [1.807, 2.05) is 22.8 Å². The first kappa shape index (κ1) is 26.4. The maximum atomic E-state index is 12.6. The summed E-state index contributed by atoms with van der Waals surface area (Å²) in [4.78, 5) is 23.6. The number of aromatic nitrogens is 3. The van der Waals surface area contributed by atoms with Crippen molar-refractivity contribution in [3.63, 3.8) is 0 Å². The van der Waals surface area contributed by atoms with Gasteiger partial charge in [-0.15, -0.1) is 13.2 Å². The molecule has 3 heterocycles. The zero-order valence-electron chi connectivity index (χ0n) is 20.9. The molecule has 39 heavy (non-hydrogen) atoms. The van der Waals surface area contributed by atoms with Gasteiger partial charge in [0.15, 0.2) is 5.65 Å². The number of alkyl halides is 3. The van der Waals surface area contributed by atoms with Crippen LogP contribution in [0.5, 0.6) is 11.5 Å². The Balaban J connectivity index is 1.17. The third kappa shape index (κ3) is 7.03. The van der Waals surface area contributed by atoms with Crippen LogP contribution in [-0.4, -0.2) is 71.1 Å². The van der Waals surface area contributed by atoms with Crippen molar-refractivity contribution in [2.45, 2.75) is 13.0 Å². The third-order valence-corrected chi connectivity index (χ3v) is 6.14. The zero-order valence-corrected chi connectivity index (χ0v) is 20.9. The number of fused-ring (bicyclic) bond motifs is 1. The van der Waals surface area contributed by atoms with Crippen LogP contribution in [0, 0.1) is 0 Å². The van der Waals surface area contributed by atoms with Gasteiger partial charge in [0, 0.05) is 31.9 Å². The van der Waals surface area contributed by atoms with Crippen molar-refractivity contribution < 1.29 is 32.2 Å². The number of pyridine rings is 1. The van der Waals surface area contributed by atoms with Gasteiger partial charge in [-0.3, -0.25) is 14.3 Å². The molecular weight excluding hydrogens is 515 g/mol. The first-order valence-electron chi connectivity index (χ1n) is 12.3. The van der Waals surface area contributed by atoms with Crippen molar-refractivity contribution in [3.05, 3.63) is 78.2 Å². The van der Waals surface area contributed by atoms with Gasteiger partial charge in [0.1, 0.15) is 30.1 Å². The molecular formula is C27H26F3N5O4. The lowest BCUT2D eigenvalue weighted by Gasteiger charge is -2.26. The minimum absolute atomic E-state index is 0.181. The fraction of sp³-hybridized carbons (Fsp3) is 0.296. The highest BCUT2D eigenvalue weighted by molar-refractivity contribution is 5.94. The lowest BCUT2D eigenvalue weighted by atomic mass is 10.2. The van der Waals surface area contributed by atoms with E-state index in [1.165, 1.54) is 24.3 Å². The van der Waals surface area contributed by atoms with Crippen molar-refractivity contribution in [2.24, 2.45) is 0 Å². The molecule has 9 nitrogen and oxygen atoms in total. The normalized spacial score (nSPS) is 14.3. The van der Waals surface area contributed by atoms with Gasteiger partial charge in [-0.2, -0.15) is 0 Å². The van der Waals surface area contributed by atoms with Gasteiger partial charge in [-0.25, -0.2) is 9.97 Å². The monoisotopic (exact) mass is 541 g/mol. The summed E-state index contributed by atoms with van der Waals surface area (Å²) in [5, 5.41) is 2.91. The Morgan fingerprint density at radius 2 is 1.69 bits per heavy atom. The molecule has 1 aliphatic rings. The number of carbonyl (C=O) groups excluding carboxylic acids is 1. The summed E-state index contributed by atoms with van der Waals surface area (Å²) in [5.41, 5.74) is 3.02. The number of morpholine rings is 1. The quantitative estimate of drug-likeness (QED) is 0.343. The second-order valence-electron chi connectivity index (χ2n) is 8.84. The molecule has 2 aromatic heterocycles. The number of imidazole rings is 1. The van der Waals surface area contributed by atoms with Gasteiger partial charge in [0.25, 0.3) is 5.91 Å². The van der Waals surface area contributed by atoms with Crippen LogP contribution in [-0.2, 0) is 11.3 Å². The summed E-state index contributed by atoms with van der Waals surface area (Å²) in [5.74, 6) is 0.0610. The Hall–Kier alpha value is -4.16. The van der Waals surface area contributed by atoms with Crippen molar-refractivity contribution in [3.8, 4) is 17.2 Å². The highest BCUT2D eigenvalue weighted by atomic mass is 19.4. The Kier molecular flexibility index (Phi) is 7.94. The van der Waals surface area contributed by atoms with Gasteiger partial charge in [-0.1, -0.05) is 12.1 Å². The third-order valence-electron chi connectivity index (χ3n) is 6.14. The van der Waals surface area contributed by atoms with E-state index in [4.69, 9.17) is 9.47 Å². The van der Waals surface area contributed by atoms with Crippen LogP contribution in [0.1, 0.15) is 16.1 Å². The van der Waals surface area contributed by atoms with E-state index in [9.17, 15) is 18.0 Å². The van der Waals surface area contributed by atoms with E-state index in [-0.39, 0.29) is 18.3 Å². The molecule has 0 radical (unpaired) electrons. The van der Waals surface area contributed by atoms with Gasteiger partial charge in [-0.05, 0) is 54.1 Å². The number of ether oxygens (including phenoxy) is 3. The first-order chi connectivity index (χ1) is 18.8. The molecule has 1 saturated heterocycles. The summed E-state index contributed by atoms with van der Waals surface area (Å²) in [6.45, 7) is 4.62. The van der Waals surface area contributed by atoms with Crippen LogP contribution in [0.15, 0.2) is 67.0 Å². The molecule has 2 aromatic carbocycles. The van der Waals surface area contributed by atoms with Crippen LogP contribution in [0.4, 0.5) is 13.2 Å². The molecule has 1 fully saturated rings. The summed E-state index contributed by atoms with van der Waals surface area (Å²) >= 11 is 0. The number of amides is 1. The molecule has 0 saturated carbocycles. The number of nitrogens with zero attached hydrogens (tertiary/aromatic N) is 4. The van der Waals surface area contributed by atoms with E-state index in [2.05, 4.69) is 24.9 Å². The van der Waals surface area contributed by atoms with E-state index in [1.54, 1.807) is 24.5 Å². The Labute approximate surface area is 222 Å². The fourth-order valence-corrected chi connectivity index (χ4v) is 4.13. The van der Waals surface area contributed by atoms with E-state index in [0.717, 1.165) is 30.8 Å². The summed E-state index contributed by atoms with van der Waals surface area (Å²) < 4.78 is 53.7. The largest absolute Gasteiger partial charge is 0.573 e. The van der Waals surface area contributed by atoms with E-state index in [0.29, 0.717) is 42.4 Å². The molecule has 1 amide bonds. The summed E-state index contributed by atoms with van der Waals surface area (Å²) in [7, 11) is 0. The Morgan fingerprint density at radius 1 is 0.974 bits per heavy atom. The highest BCUT2D eigenvalue weighted by Crippen LogP contribution is 2.24. The predicted octanol–water partition coefficient (Wildman–Crippen LogP) is 3.96. The summed E-state index contributed by atoms with van der Waals surface area (Å²) in [6, 6.07) is 16.3. The molecule has 0 spiro atoms. The number of nitrogens with one attached hydrogen (secondary N) is 1. The number of hydrogen-bond donors (Lipinski definition) is 1. The van der Waals surface area contributed by atoms with E-state index >= 15 is 0 Å². The minimum Gasteiger partial charge on any atom is -0.489 e. The molecule has 5 rings (SSSR count). The molecule has 204 valence electrons. The fourth-order valence-electron chi connectivity index (χ4n) is 4.13. The molecule has 1 N–H and O–H groups in total. The van der Waals surface area contributed by atoms with E-state index < -0.39 is 6.36 Å². The van der Waals surface area contributed by atoms with Gasteiger partial charge in [0.2, 0.25) is 0 Å². The lowest BCUT2D eigenvalue weighted by Crippen LogP contribution is -2.41. The van der Waals surface area contributed by atoms with Crippen LogP contribution in [0.25, 0.3) is 16.9 Å². The minimum atomic E-state index is -4.73. The molecule has 0 bridgehead atoms.